The van der Waals surface area contributed by atoms with Crippen molar-refractivity contribution in [3.05, 3.63) is 24.2 Å². The molecular weight excluding hydrogens is 278 g/mol. The Hall–Kier alpha value is -1.49. The summed E-state index contributed by atoms with van der Waals surface area (Å²) in [6.07, 6.45) is 4.99. The Bertz CT molecular complexity index is 389. The number of ether oxygens (including phenoxy) is 1. The molecule has 126 valence electrons. The van der Waals surface area contributed by atoms with Gasteiger partial charge in [-0.1, -0.05) is 13.8 Å². The summed E-state index contributed by atoms with van der Waals surface area (Å²) >= 11 is 0. The summed E-state index contributed by atoms with van der Waals surface area (Å²) in [5, 5.41) is 6.64. The van der Waals surface area contributed by atoms with Gasteiger partial charge in [0.2, 0.25) is 0 Å². The fraction of sp³-hybridized carbons (Fsp3) is 0.706. The van der Waals surface area contributed by atoms with Gasteiger partial charge in [-0.2, -0.15) is 0 Å². The molecule has 0 fully saturated rings. The Morgan fingerprint density at radius 2 is 2.18 bits per heavy atom. The molecule has 0 amide bonds. The Kier molecular flexibility index (Phi) is 10.2. The van der Waals surface area contributed by atoms with Crippen molar-refractivity contribution >= 4 is 5.96 Å². The van der Waals surface area contributed by atoms with Crippen molar-refractivity contribution in [3.63, 3.8) is 0 Å². The highest BCUT2D eigenvalue weighted by atomic mass is 16.5. The van der Waals surface area contributed by atoms with E-state index in [-0.39, 0.29) is 0 Å². The Morgan fingerprint density at radius 1 is 1.32 bits per heavy atom. The SMILES string of the molecule is CCNC(=NCCCOCc1ccco1)NCCCC(C)C. The molecule has 0 saturated heterocycles. The summed E-state index contributed by atoms with van der Waals surface area (Å²) in [5.74, 6) is 2.52. The Balaban J connectivity index is 2.10. The lowest BCUT2D eigenvalue weighted by atomic mass is 10.1. The van der Waals surface area contributed by atoms with Crippen LogP contribution in [0.4, 0.5) is 0 Å². The highest BCUT2D eigenvalue weighted by Crippen LogP contribution is 2.02. The van der Waals surface area contributed by atoms with E-state index < -0.39 is 0 Å². The first kappa shape index (κ1) is 18.6. The maximum atomic E-state index is 5.54. The van der Waals surface area contributed by atoms with Gasteiger partial charge in [0.1, 0.15) is 12.4 Å². The summed E-state index contributed by atoms with van der Waals surface area (Å²) in [4.78, 5) is 4.56. The van der Waals surface area contributed by atoms with E-state index in [1.54, 1.807) is 6.26 Å². The molecule has 0 bridgehead atoms. The minimum atomic E-state index is 0.532. The maximum absolute atomic E-state index is 5.54. The minimum Gasteiger partial charge on any atom is -0.467 e. The number of furan rings is 1. The van der Waals surface area contributed by atoms with E-state index in [4.69, 9.17) is 9.15 Å². The first-order valence-corrected chi connectivity index (χ1v) is 8.34. The van der Waals surface area contributed by atoms with Gasteiger partial charge >= 0.3 is 0 Å². The van der Waals surface area contributed by atoms with Crippen molar-refractivity contribution in [2.75, 3.05) is 26.2 Å². The maximum Gasteiger partial charge on any atom is 0.191 e. The highest BCUT2D eigenvalue weighted by molar-refractivity contribution is 5.79. The number of aliphatic imine (C=N–C) groups is 1. The van der Waals surface area contributed by atoms with Gasteiger partial charge in [-0.15, -0.1) is 0 Å². The Labute approximate surface area is 134 Å². The van der Waals surface area contributed by atoms with E-state index in [0.29, 0.717) is 13.2 Å². The molecular formula is C17H31N3O2. The van der Waals surface area contributed by atoms with Gasteiger partial charge in [0, 0.05) is 26.2 Å². The van der Waals surface area contributed by atoms with Crippen LogP contribution in [-0.4, -0.2) is 32.2 Å². The van der Waals surface area contributed by atoms with Crippen molar-refractivity contribution < 1.29 is 9.15 Å². The predicted molar refractivity (Wildman–Crippen MR) is 91.0 cm³/mol. The first-order chi connectivity index (χ1) is 10.7. The van der Waals surface area contributed by atoms with Crippen LogP contribution in [0.5, 0.6) is 0 Å². The molecule has 1 aromatic rings. The molecule has 0 aliphatic heterocycles. The molecule has 0 atom stereocenters. The van der Waals surface area contributed by atoms with Gasteiger partial charge in [-0.05, 0) is 44.2 Å². The summed E-state index contributed by atoms with van der Waals surface area (Å²) in [7, 11) is 0. The average Bonchev–Trinajstić information content (AvgIpc) is 3.00. The molecule has 0 aliphatic rings. The van der Waals surface area contributed by atoms with E-state index in [1.165, 1.54) is 12.8 Å². The van der Waals surface area contributed by atoms with E-state index in [2.05, 4.69) is 36.4 Å². The molecule has 0 spiro atoms. The minimum absolute atomic E-state index is 0.532. The van der Waals surface area contributed by atoms with Gasteiger partial charge in [0.05, 0.1) is 6.26 Å². The van der Waals surface area contributed by atoms with Gasteiger partial charge in [-0.25, -0.2) is 0 Å². The number of nitrogens with one attached hydrogen (secondary N) is 2. The van der Waals surface area contributed by atoms with Crippen molar-refractivity contribution in [2.24, 2.45) is 10.9 Å². The van der Waals surface area contributed by atoms with E-state index in [0.717, 1.165) is 43.7 Å². The number of nitrogens with zero attached hydrogens (tertiary/aromatic N) is 1. The molecule has 0 saturated carbocycles. The van der Waals surface area contributed by atoms with Gasteiger partial charge in [0.15, 0.2) is 5.96 Å². The third-order valence-corrected chi connectivity index (χ3v) is 3.14. The average molecular weight is 309 g/mol. The lowest BCUT2D eigenvalue weighted by molar-refractivity contribution is 0.105. The fourth-order valence-corrected chi connectivity index (χ4v) is 1.98. The van der Waals surface area contributed by atoms with Crippen molar-refractivity contribution in [3.8, 4) is 0 Å². The van der Waals surface area contributed by atoms with Crippen LogP contribution >= 0.6 is 0 Å². The molecule has 0 radical (unpaired) electrons. The lowest BCUT2D eigenvalue weighted by Crippen LogP contribution is -2.38. The van der Waals surface area contributed by atoms with Crippen LogP contribution in [0.1, 0.15) is 45.8 Å². The third-order valence-electron chi connectivity index (χ3n) is 3.14. The van der Waals surface area contributed by atoms with Crippen LogP contribution < -0.4 is 10.6 Å². The molecule has 1 aromatic heterocycles. The van der Waals surface area contributed by atoms with Crippen LogP contribution in [0.2, 0.25) is 0 Å². The molecule has 0 aliphatic carbocycles. The second-order valence-electron chi connectivity index (χ2n) is 5.71. The summed E-state index contributed by atoms with van der Waals surface area (Å²) in [5.41, 5.74) is 0. The van der Waals surface area contributed by atoms with Crippen molar-refractivity contribution in [1.29, 1.82) is 0 Å². The number of hydrogen-bond donors (Lipinski definition) is 2. The van der Waals surface area contributed by atoms with Crippen LogP contribution in [0, 0.1) is 5.92 Å². The smallest absolute Gasteiger partial charge is 0.191 e. The first-order valence-electron chi connectivity index (χ1n) is 8.34. The highest BCUT2D eigenvalue weighted by Gasteiger charge is 1.99. The van der Waals surface area contributed by atoms with Crippen LogP contribution in [0.3, 0.4) is 0 Å². The largest absolute Gasteiger partial charge is 0.467 e. The molecule has 2 N–H and O–H groups in total. The molecule has 0 unspecified atom stereocenters. The van der Waals surface area contributed by atoms with Crippen molar-refractivity contribution in [2.45, 2.75) is 46.6 Å². The molecule has 5 nitrogen and oxygen atoms in total. The number of hydrogen-bond acceptors (Lipinski definition) is 3. The van der Waals surface area contributed by atoms with E-state index >= 15 is 0 Å². The zero-order valence-corrected chi connectivity index (χ0v) is 14.2. The monoisotopic (exact) mass is 309 g/mol. The Morgan fingerprint density at radius 3 is 2.86 bits per heavy atom. The second kappa shape index (κ2) is 12.1. The number of rotatable bonds is 11. The zero-order chi connectivity index (χ0) is 16.0. The fourth-order valence-electron chi connectivity index (χ4n) is 1.98. The van der Waals surface area contributed by atoms with E-state index in [1.807, 2.05) is 12.1 Å². The van der Waals surface area contributed by atoms with Gasteiger partial charge in [-0.3, -0.25) is 4.99 Å². The standard InChI is InChI=1S/C17H31N3O2/c1-4-18-17(19-10-5-8-15(2)3)20-11-7-12-21-14-16-9-6-13-22-16/h6,9,13,15H,4-5,7-8,10-12,14H2,1-3H3,(H2,18,19,20). The second-order valence-corrected chi connectivity index (χ2v) is 5.71. The molecule has 0 aromatic carbocycles. The van der Waals surface area contributed by atoms with Crippen LogP contribution in [0.25, 0.3) is 0 Å². The topological polar surface area (TPSA) is 58.8 Å². The summed E-state index contributed by atoms with van der Waals surface area (Å²) in [6, 6.07) is 3.79. The van der Waals surface area contributed by atoms with Crippen LogP contribution in [0.15, 0.2) is 27.8 Å². The van der Waals surface area contributed by atoms with Crippen molar-refractivity contribution in [1.82, 2.24) is 10.6 Å². The zero-order valence-electron chi connectivity index (χ0n) is 14.2. The third kappa shape index (κ3) is 9.45. The molecule has 5 heteroatoms. The van der Waals surface area contributed by atoms with Gasteiger partial charge < -0.3 is 19.8 Å². The molecule has 1 rings (SSSR count). The normalized spacial score (nSPS) is 11.9. The number of guanidine groups is 1. The van der Waals surface area contributed by atoms with Crippen LogP contribution in [-0.2, 0) is 11.3 Å². The predicted octanol–water partition coefficient (Wildman–Crippen LogP) is 3.18. The quantitative estimate of drug-likeness (QED) is 0.374. The van der Waals surface area contributed by atoms with Gasteiger partial charge in [0.25, 0.3) is 0 Å². The summed E-state index contributed by atoms with van der Waals surface area (Å²) in [6.45, 7) is 10.4. The summed E-state index contributed by atoms with van der Waals surface area (Å²) < 4.78 is 10.8. The lowest BCUT2D eigenvalue weighted by Gasteiger charge is -2.12. The van der Waals surface area contributed by atoms with E-state index in [9.17, 15) is 0 Å². The molecule has 22 heavy (non-hydrogen) atoms. The molecule has 1 heterocycles.